The van der Waals surface area contributed by atoms with Crippen LogP contribution in [0.2, 0.25) is 0 Å². The standard InChI is InChI=1S/C14H28N2O/c1-3-14(4-2)5-8-16(9-6-14)11-13-12-17-10-7-15-13/h13,15H,3-12H2,1-2H3. The minimum Gasteiger partial charge on any atom is -0.378 e. The Balaban J connectivity index is 1.74. The number of morpholine rings is 1. The summed E-state index contributed by atoms with van der Waals surface area (Å²) in [5.74, 6) is 0. The van der Waals surface area contributed by atoms with Crippen LogP contribution in [0.1, 0.15) is 39.5 Å². The van der Waals surface area contributed by atoms with Crippen LogP contribution in [0, 0.1) is 5.41 Å². The number of hydrogen-bond acceptors (Lipinski definition) is 3. The predicted octanol–water partition coefficient (Wildman–Crippen LogP) is 1.88. The van der Waals surface area contributed by atoms with E-state index in [-0.39, 0.29) is 0 Å². The van der Waals surface area contributed by atoms with Gasteiger partial charge in [-0.25, -0.2) is 0 Å². The molecule has 1 atom stereocenters. The smallest absolute Gasteiger partial charge is 0.0632 e. The van der Waals surface area contributed by atoms with Gasteiger partial charge in [0.1, 0.15) is 0 Å². The summed E-state index contributed by atoms with van der Waals surface area (Å²) in [4.78, 5) is 2.62. The van der Waals surface area contributed by atoms with E-state index in [1.54, 1.807) is 0 Å². The van der Waals surface area contributed by atoms with Crippen LogP contribution in [0.5, 0.6) is 0 Å². The molecule has 0 saturated carbocycles. The van der Waals surface area contributed by atoms with Crippen molar-refractivity contribution in [3.63, 3.8) is 0 Å². The molecule has 0 aliphatic carbocycles. The molecule has 0 amide bonds. The molecule has 0 spiro atoms. The second-order valence-electron chi connectivity index (χ2n) is 5.73. The van der Waals surface area contributed by atoms with Gasteiger partial charge in [0, 0.05) is 19.1 Å². The first-order valence-electron chi connectivity index (χ1n) is 7.31. The van der Waals surface area contributed by atoms with E-state index in [1.807, 2.05) is 0 Å². The normalized spacial score (nSPS) is 30.4. The maximum absolute atomic E-state index is 5.52. The molecule has 3 heteroatoms. The third-order valence-electron chi connectivity index (χ3n) is 4.89. The largest absolute Gasteiger partial charge is 0.378 e. The van der Waals surface area contributed by atoms with Crippen molar-refractivity contribution in [1.29, 1.82) is 0 Å². The number of nitrogens with zero attached hydrogens (tertiary/aromatic N) is 1. The van der Waals surface area contributed by atoms with E-state index in [0.29, 0.717) is 11.5 Å². The number of likely N-dealkylation sites (tertiary alicyclic amines) is 1. The second kappa shape index (κ2) is 6.17. The fraction of sp³-hybridized carbons (Fsp3) is 1.00. The molecule has 2 saturated heterocycles. The Labute approximate surface area is 106 Å². The van der Waals surface area contributed by atoms with E-state index >= 15 is 0 Å². The fourth-order valence-corrected chi connectivity index (χ4v) is 3.22. The minimum absolute atomic E-state index is 0.555. The van der Waals surface area contributed by atoms with Crippen LogP contribution in [-0.2, 0) is 4.74 Å². The van der Waals surface area contributed by atoms with Crippen LogP contribution >= 0.6 is 0 Å². The zero-order valence-corrected chi connectivity index (χ0v) is 11.5. The highest BCUT2D eigenvalue weighted by molar-refractivity contribution is 4.86. The molecule has 17 heavy (non-hydrogen) atoms. The summed E-state index contributed by atoms with van der Waals surface area (Å²) in [6.45, 7) is 11.2. The quantitative estimate of drug-likeness (QED) is 0.812. The Kier molecular flexibility index (Phi) is 4.83. The molecule has 0 aromatic carbocycles. The zero-order chi connectivity index (χ0) is 12.1. The maximum atomic E-state index is 5.52. The van der Waals surface area contributed by atoms with Crippen LogP contribution in [0.15, 0.2) is 0 Å². The molecular weight excluding hydrogens is 212 g/mol. The summed E-state index contributed by atoms with van der Waals surface area (Å²) in [6.07, 6.45) is 5.46. The van der Waals surface area contributed by atoms with Crippen molar-refractivity contribution in [2.24, 2.45) is 5.41 Å². The third-order valence-corrected chi connectivity index (χ3v) is 4.89. The Morgan fingerprint density at radius 1 is 1.24 bits per heavy atom. The molecular formula is C14H28N2O. The molecule has 0 aromatic heterocycles. The van der Waals surface area contributed by atoms with Crippen LogP contribution < -0.4 is 5.32 Å². The Morgan fingerprint density at radius 2 is 1.94 bits per heavy atom. The summed E-state index contributed by atoms with van der Waals surface area (Å²) in [5.41, 5.74) is 0.646. The van der Waals surface area contributed by atoms with Gasteiger partial charge in [-0.2, -0.15) is 0 Å². The molecule has 2 rings (SSSR count). The van der Waals surface area contributed by atoms with E-state index in [0.717, 1.165) is 19.8 Å². The van der Waals surface area contributed by atoms with Gasteiger partial charge in [-0.1, -0.05) is 26.7 Å². The Morgan fingerprint density at radius 3 is 2.47 bits per heavy atom. The predicted molar refractivity (Wildman–Crippen MR) is 71.3 cm³/mol. The lowest BCUT2D eigenvalue weighted by Gasteiger charge is -2.42. The lowest BCUT2D eigenvalue weighted by Crippen LogP contribution is -2.51. The molecule has 100 valence electrons. The molecule has 2 fully saturated rings. The van der Waals surface area contributed by atoms with Gasteiger partial charge in [0.25, 0.3) is 0 Å². The minimum atomic E-state index is 0.555. The Hall–Kier alpha value is -0.120. The number of ether oxygens (including phenoxy) is 1. The summed E-state index contributed by atoms with van der Waals surface area (Å²) in [5, 5.41) is 3.55. The lowest BCUT2D eigenvalue weighted by atomic mass is 9.74. The Bertz CT molecular complexity index is 212. The monoisotopic (exact) mass is 240 g/mol. The maximum Gasteiger partial charge on any atom is 0.0632 e. The molecule has 0 aromatic rings. The van der Waals surface area contributed by atoms with Crippen molar-refractivity contribution in [3.05, 3.63) is 0 Å². The zero-order valence-electron chi connectivity index (χ0n) is 11.5. The van der Waals surface area contributed by atoms with Gasteiger partial charge in [-0.3, -0.25) is 0 Å². The third kappa shape index (κ3) is 3.43. The molecule has 0 bridgehead atoms. The van der Waals surface area contributed by atoms with Gasteiger partial charge in [-0.15, -0.1) is 0 Å². The number of hydrogen-bond donors (Lipinski definition) is 1. The number of piperidine rings is 1. The van der Waals surface area contributed by atoms with E-state index < -0.39 is 0 Å². The van der Waals surface area contributed by atoms with Crippen LogP contribution in [-0.4, -0.2) is 50.3 Å². The molecule has 1 unspecified atom stereocenters. The van der Waals surface area contributed by atoms with Gasteiger partial charge in [-0.05, 0) is 31.3 Å². The van der Waals surface area contributed by atoms with Gasteiger partial charge in [0.05, 0.1) is 13.2 Å². The summed E-state index contributed by atoms with van der Waals surface area (Å²) < 4.78 is 5.52. The first-order chi connectivity index (χ1) is 8.28. The van der Waals surface area contributed by atoms with E-state index in [9.17, 15) is 0 Å². The second-order valence-corrected chi connectivity index (χ2v) is 5.73. The van der Waals surface area contributed by atoms with Crippen LogP contribution in [0.3, 0.4) is 0 Å². The highest BCUT2D eigenvalue weighted by Crippen LogP contribution is 2.37. The van der Waals surface area contributed by atoms with Crippen LogP contribution in [0.4, 0.5) is 0 Å². The molecule has 2 aliphatic rings. The van der Waals surface area contributed by atoms with Gasteiger partial charge in [0.15, 0.2) is 0 Å². The molecule has 2 aliphatic heterocycles. The van der Waals surface area contributed by atoms with E-state index in [4.69, 9.17) is 4.74 Å². The number of nitrogens with one attached hydrogen (secondary N) is 1. The lowest BCUT2D eigenvalue weighted by molar-refractivity contribution is 0.0418. The van der Waals surface area contributed by atoms with Gasteiger partial charge in [0.2, 0.25) is 0 Å². The van der Waals surface area contributed by atoms with Gasteiger partial charge >= 0.3 is 0 Å². The van der Waals surface area contributed by atoms with Crippen molar-refractivity contribution in [3.8, 4) is 0 Å². The van der Waals surface area contributed by atoms with E-state index in [2.05, 4.69) is 24.1 Å². The average molecular weight is 240 g/mol. The van der Waals surface area contributed by atoms with Crippen molar-refractivity contribution in [1.82, 2.24) is 10.2 Å². The topological polar surface area (TPSA) is 24.5 Å². The van der Waals surface area contributed by atoms with Crippen molar-refractivity contribution >= 4 is 0 Å². The van der Waals surface area contributed by atoms with Crippen molar-refractivity contribution < 1.29 is 4.74 Å². The summed E-state index contributed by atoms with van der Waals surface area (Å²) in [7, 11) is 0. The molecule has 2 heterocycles. The summed E-state index contributed by atoms with van der Waals surface area (Å²) >= 11 is 0. The first kappa shape index (κ1) is 13.3. The fourth-order valence-electron chi connectivity index (χ4n) is 3.22. The van der Waals surface area contributed by atoms with Crippen molar-refractivity contribution in [2.75, 3.05) is 39.4 Å². The molecule has 1 N–H and O–H groups in total. The van der Waals surface area contributed by atoms with Crippen LogP contribution in [0.25, 0.3) is 0 Å². The molecule has 3 nitrogen and oxygen atoms in total. The average Bonchev–Trinajstić information content (AvgIpc) is 2.41. The summed E-state index contributed by atoms with van der Waals surface area (Å²) in [6, 6.07) is 0.555. The number of rotatable bonds is 4. The highest BCUT2D eigenvalue weighted by Gasteiger charge is 2.31. The molecule has 0 radical (unpaired) electrons. The first-order valence-corrected chi connectivity index (χ1v) is 7.31. The van der Waals surface area contributed by atoms with Gasteiger partial charge < -0.3 is 15.0 Å². The SMILES string of the molecule is CCC1(CC)CCN(CC2COCCN2)CC1. The van der Waals surface area contributed by atoms with Crippen molar-refractivity contribution in [2.45, 2.75) is 45.6 Å². The van der Waals surface area contributed by atoms with E-state index in [1.165, 1.54) is 45.3 Å². The highest BCUT2D eigenvalue weighted by atomic mass is 16.5.